The van der Waals surface area contributed by atoms with Gasteiger partial charge >= 0.3 is 6.03 Å². The Balaban J connectivity index is 1.34. The van der Waals surface area contributed by atoms with E-state index < -0.39 is 0 Å². The maximum absolute atomic E-state index is 12.6. The zero-order valence-electron chi connectivity index (χ0n) is 22.4. The minimum absolute atomic E-state index is 0.184. The van der Waals surface area contributed by atoms with Gasteiger partial charge in [0.15, 0.2) is 5.82 Å². The molecule has 2 aliphatic rings. The van der Waals surface area contributed by atoms with Crippen molar-refractivity contribution in [3.8, 4) is 11.5 Å². The van der Waals surface area contributed by atoms with E-state index in [1.54, 1.807) is 37.3 Å². The Kier molecular flexibility index (Phi) is 8.89. The van der Waals surface area contributed by atoms with E-state index in [1.165, 1.54) is 6.20 Å². The van der Waals surface area contributed by atoms with Crippen molar-refractivity contribution in [1.29, 1.82) is 0 Å². The summed E-state index contributed by atoms with van der Waals surface area (Å²) in [5.74, 6) is 1.98. The van der Waals surface area contributed by atoms with Crippen LogP contribution in [0.25, 0.3) is 0 Å². The van der Waals surface area contributed by atoms with Crippen LogP contribution in [0.2, 0.25) is 5.02 Å². The number of benzene rings is 2. The van der Waals surface area contributed by atoms with Crippen molar-refractivity contribution in [2.75, 3.05) is 87.7 Å². The fraction of sp³-hybridized carbons (Fsp3) is 0.370. The van der Waals surface area contributed by atoms with Crippen LogP contribution in [0, 0.1) is 0 Å². The average molecular weight is 570 g/mol. The normalized spacial score (nSPS) is 15.4. The number of hydrogen-bond acceptors (Lipinski definition) is 10. The molecule has 0 saturated carbocycles. The minimum Gasteiger partial charge on any atom is -0.495 e. The predicted molar refractivity (Wildman–Crippen MR) is 154 cm³/mol. The highest BCUT2D eigenvalue weighted by atomic mass is 35.5. The van der Waals surface area contributed by atoms with Gasteiger partial charge in [0.2, 0.25) is 5.95 Å². The van der Waals surface area contributed by atoms with Gasteiger partial charge in [0.05, 0.1) is 58.2 Å². The molecule has 0 spiro atoms. The molecule has 212 valence electrons. The third-order valence-electron chi connectivity index (χ3n) is 6.54. The highest BCUT2D eigenvalue weighted by Gasteiger charge is 2.21. The largest absolute Gasteiger partial charge is 0.495 e. The Labute approximate surface area is 237 Å². The molecule has 0 radical (unpaired) electrons. The molecule has 0 aliphatic carbocycles. The second kappa shape index (κ2) is 12.9. The number of rotatable bonds is 8. The van der Waals surface area contributed by atoms with Crippen LogP contribution in [0.1, 0.15) is 0 Å². The Morgan fingerprint density at radius 2 is 1.65 bits per heavy atom. The van der Waals surface area contributed by atoms with Crippen LogP contribution in [-0.2, 0) is 9.47 Å². The van der Waals surface area contributed by atoms with Gasteiger partial charge < -0.3 is 44.7 Å². The molecular weight excluding hydrogens is 538 g/mol. The molecule has 1 aromatic heterocycles. The molecule has 12 nitrogen and oxygen atoms in total. The van der Waals surface area contributed by atoms with Crippen molar-refractivity contribution >= 4 is 52.1 Å². The first-order valence-corrected chi connectivity index (χ1v) is 13.3. The van der Waals surface area contributed by atoms with Crippen LogP contribution in [0.15, 0.2) is 42.6 Å². The van der Waals surface area contributed by atoms with E-state index in [2.05, 4.69) is 30.8 Å². The van der Waals surface area contributed by atoms with Crippen LogP contribution < -0.4 is 30.3 Å². The number of halogens is 1. The lowest BCUT2D eigenvalue weighted by Gasteiger charge is -2.31. The smallest absolute Gasteiger partial charge is 0.322 e. The number of hydrogen-bond donors (Lipinski definition) is 3. The first-order chi connectivity index (χ1) is 19.6. The molecule has 3 heterocycles. The molecule has 2 aliphatic heterocycles. The van der Waals surface area contributed by atoms with Gasteiger partial charge in [0.1, 0.15) is 22.2 Å². The Morgan fingerprint density at radius 1 is 0.925 bits per heavy atom. The molecule has 2 aromatic carbocycles. The highest BCUT2D eigenvalue weighted by molar-refractivity contribution is 6.33. The monoisotopic (exact) mass is 569 g/mol. The molecule has 0 unspecified atom stereocenters. The molecule has 5 rings (SSSR count). The second-order valence-electron chi connectivity index (χ2n) is 9.04. The van der Waals surface area contributed by atoms with Crippen molar-refractivity contribution < 1.29 is 23.7 Å². The van der Waals surface area contributed by atoms with Crippen molar-refractivity contribution in [2.45, 2.75) is 0 Å². The molecule has 40 heavy (non-hydrogen) atoms. The maximum Gasteiger partial charge on any atom is 0.322 e. The van der Waals surface area contributed by atoms with E-state index in [4.69, 9.17) is 30.5 Å². The number of nitrogens with one attached hydrogen (secondary N) is 3. The quantitative estimate of drug-likeness (QED) is 0.361. The van der Waals surface area contributed by atoms with Crippen molar-refractivity contribution in [3.63, 3.8) is 0 Å². The summed E-state index contributed by atoms with van der Waals surface area (Å²) in [6.07, 6.45) is 1.53. The van der Waals surface area contributed by atoms with Crippen molar-refractivity contribution in [2.24, 2.45) is 0 Å². The van der Waals surface area contributed by atoms with E-state index in [0.717, 1.165) is 30.2 Å². The number of methoxy groups -OCH3 is 2. The lowest BCUT2D eigenvalue weighted by atomic mass is 10.2. The van der Waals surface area contributed by atoms with Gasteiger partial charge in [-0.2, -0.15) is 4.98 Å². The maximum atomic E-state index is 12.6. The second-order valence-corrected chi connectivity index (χ2v) is 9.45. The van der Waals surface area contributed by atoms with E-state index in [1.807, 2.05) is 18.2 Å². The van der Waals surface area contributed by atoms with Crippen LogP contribution in [-0.4, -0.2) is 87.7 Å². The number of carbonyl (C=O) groups is 1. The van der Waals surface area contributed by atoms with Gasteiger partial charge in [-0.05, 0) is 24.3 Å². The van der Waals surface area contributed by atoms with Gasteiger partial charge in [-0.1, -0.05) is 17.7 Å². The van der Waals surface area contributed by atoms with E-state index in [0.29, 0.717) is 73.4 Å². The highest BCUT2D eigenvalue weighted by Crippen LogP contribution is 2.39. The van der Waals surface area contributed by atoms with Crippen LogP contribution >= 0.6 is 11.6 Å². The van der Waals surface area contributed by atoms with Gasteiger partial charge in [-0.15, -0.1) is 0 Å². The fourth-order valence-electron chi connectivity index (χ4n) is 4.51. The number of anilines is 6. The molecule has 3 N–H and O–H groups in total. The molecule has 2 fully saturated rings. The zero-order chi connectivity index (χ0) is 27.9. The number of aromatic nitrogens is 2. The number of urea groups is 1. The lowest BCUT2D eigenvalue weighted by Crippen LogP contribution is -2.43. The first-order valence-electron chi connectivity index (χ1n) is 12.9. The fourth-order valence-corrected chi connectivity index (χ4v) is 4.64. The third-order valence-corrected chi connectivity index (χ3v) is 6.82. The summed E-state index contributed by atoms with van der Waals surface area (Å²) >= 11 is 6.50. The van der Waals surface area contributed by atoms with Gasteiger partial charge in [0.25, 0.3) is 0 Å². The lowest BCUT2D eigenvalue weighted by molar-refractivity contribution is 0.0564. The Hall–Kier alpha value is -4.00. The standard InChI is InChI=1S/C27H32ClN7O5/c1-37-22-5-3-4-21(24(22)34-8-12-39-13-9-34)31-25-19(28)17-29-26(33-25)32-20-7-6-18(16-23(20)38-2)30-27(36)35-10-14-40-15-11-35/h3-7,16-17H,8-15H2,1-2H3,(H,30,36)(H2,29,31,32,33). The number of nitrogens with zero attached hydrogens (tertiary/aromatic N) is 4. The minimum atomic E-state index is -0.184. The summed E-state index contributed by atoms with van der Waals surface area (Å²) in [6, 6.07) is 10.9. The van der Waals surface area contributed by atoms with Crippen molar-refractivity contribution in [3.05, 3.63) is 47.6 Å². The number of amides is 2. The number of para-hydroxylation sites is 1. The van der Waals surface area contributed by atoms with Gasteiger partial charge in [-0.3, -0.25) is 0 Å². The molecular formula is C27H32ClN7O5. The third kappa shape index (κ3) is 6.41. The number of carbonyl (C=O) groups excluding carboxylic acids is 1. The predicted octanol–water partition coefficient (Wildman–Crippen LogP) is 4.34. The molecule has 2 amide bonds. The molecule has 13 heteroatoms. The molecule has 0 bridgehead atoms. The molecule has 0 atom stereocenters. The summed E-state index contributed by atoms with van der Waals surface area (Å²) in [4.78, 5) is 25.5. The average Bonchev–Trinajstić information content (AvgIpc) is 3.00. The molecule has 3 aromatic rings. The van der Waals surface area contributed by atoms with Crippen LogP contribution in [0.3, 0.4) is 0 Å². The van der Waals surface area contributed by atoms with E-state index >= 15 is 0 Å². The number of morpholine rings is 2. The molecule has 2 saturated heterocycles. The summed E-state index contributed by atoms with van der Waals surface area (Å²) in [6.45, 7) is 4.92. The van der Waals surface area contributed by atoms with E-state index in [-0.39, 0.29) is 6.03 Å². The van der Waals surface area contributed by atoms with Gasteiger partial charge in [0, 0.05) is 37.9 Å². The summed E-state index contributed by atoms with van der Waals surface area (Å²) in [5.41, 5.74) is 2.93. The topological polar surface area (TPSA) is 122 Å². The summed E-state index contributed by atoms with van der Waals surface area (Å²) in [7, 11) is 3.20. The summed E-state index contributed by atoms with van der Waals surface area (Å²) < 4.78 is 22.1. The summed E-state index contributed by atoms with van der Waals surface area (Å²) in [5, 5.41) is 9.80. The Bertz CT molecular complexity index is 1330. The van der Waals surface area contributed by atoms with E-state index in [9.17, 15) is 4.79 Å². The zero-order valence-corrected chi connectivity index (χ0v) is 23.2. The first kappa shape index (κ1) is 27.6. The number of ether oxygens (including phenoxy) is 4. The SMILES string of the molecule is COc1cc(NC(=O)N2CCOCC2)ccc1Nc1ncc(Cl)c(Nc2cccc(OC)c2N2CCOCC2)n1. The van der Waals surface area contributed by atoms with Crippen molar-refractivity contribution in [1.82, 2.24) is 14.9 Å². The van der Waals surface area contributed by atoms with Crippen LogP contribution in [0.5, 0.6) is 11.5 Å². The van der Waals surface area contributed by atoms with Gasteiger partial charge in [-0.25, -0.2) is 9.78 Å². The Morgan fingerprint density at radius 3 is 2.38 bits per heavy atom. The van der Waals surface area contributed by atoms with Crippen LogP contribution in [0.4, 0.5) is 39.3 Å².